The van der Waals surface area contributed by atoms with Crippen LogP contribution in [-0.2, 0) is 20.5 Å². The standard InChI is InChI=1S/C64H75NO5S/c1-13-61(9,10)68-41-62(11,14-2)69-47-28-24-45(25-29-47)64(44-22-26-46(27-23-44)65-32-34-67-35-33-65)31-30-49-56-55(48-20-15-16-21-52(48)63(56)39-59(5,6)38-60(7,8)40-63)50-37-54(53(66-12)36-51(50)57(49)70-64)71-58-42(3)18-17-19-43(58)4/h15-31,36-37H,13-14,32-35,38-41H2,1-12H3. The van der Waals surface area contributed by atoms with E-state index in [9.17, 15) is 0 Å². The zero-order chi connectivity index (χ0) is 50.1. The van der Waals surface area contributed by atoms with Crippen molar-refractivity contribution in [3.63, 3.8) is 0 Å². The Morgan fingerprint density at radius 1 is 0.732 bits per heavy atom. The second-order valence-corrected chi connectivity index (χ2v) is 24.6. The van der Waals surface area contributed by atoms with Crippen LogP contribution < -0.4 is 19.1 Å². The number of morpholine rings is 1. The van der Waals surface area contributed by atoms with Gasteiger partial charge in [-0.25, -0.2) is 0 Å². The topological polar surface area (TPSA) is 49.4 Å². The number of rotatable bonds is 13. The van der Waals surface area contributed by atoms with E-state index < -0.39 is 11.2 Å². The molecular weight excluding hydrogens is 895 g/mol. The van der Waals surface area contributed by atoms with Gasteiger partial charge in [0.2, 0.25) is 0 Å². The van der Waals surface area contributed by atoms with Gasteiger partial charge in [-0.15, -0.1) is 0 Å². The Morgan fingerprint density at radius 2 is 1.38 bits per heavy atom. The number of aryl methyl sites for hydroxylation is 2. The lowest BCUT2D eigenvalue weighted by Gasteiger charge is -2.52. The minimum absolute atomic E-state index is 0.100. The molecule has 0 radical (unpaired) electrons. The number of ether oxygens (including phenoxy) is 5. The highest BCUT2D eigenvalue weighted by molar-refractivity contribution is 7.99. The van der Waals surface area contributed by atoms with Crippen LogP contribution in [0.25, 0.3) is 28.0 Å². The van der Waals surface area contributed by atoms with Crippen molar-refractivity contribution in [2.75, 3.05) is 44.9 Å². The second-order valence-electron chi connectivity index (χ2n) is 23.5. The normalized spacial score (nSPS) is 20.5. The highest BCUT2D eigenvalue weighted by atomic mass is 32.2. The van der Waals surface area contributed by atoms with Gasteiger partial charge < -0.3 is 28.6 Å². The molecule has 2 heterocycles. The Morgan fingerprint density at radius 3 is 2.01 bits per heavy atom. The first-order valence-electron chi connectivity index (χ1n) is 26.1. The molecule has 0 bridgehead atoms. The Hall–Kier alpha value is -5.21. The SMILES string of the molecule is CCC(C)(C)OCC(C)(CC)Oc1ccc(C2(c3ccc(N4CCOCC4)cc3)C=Cc3c4c(c5cc(Sc6c(C)cccc6C)c(OC)cc5c3O2)-c2ccccc2C42CC(C)(C)CC(C)(C)C2)cc1. The number of hydrogen-bond donors (Lipinski definition) is 0. The average Bonchev–Trinajstić information content (AvgIpc) is 3.61. The number of hydrogen-bond acceptors (Lipinski definition) is 7. The summed E-state index contributed by atoms with van der Waals surface area (Å²) < 4.78 is 33.5. The Kier molecular flexibility index (Phi) is 12.8. The smallest absolute Gasteiger partial charge is 0.178 e. The minimum atomic E-state index is -0.985. The van der Waals surface area contributed by atoms with Crippen molar-refractivity contribution >= 4 is 34.3 Å². The molecule has 2 aliphatic heterocycles. The van der Waals surface area contributed by atoms with Crippen LogP contribution in [0.15, 0.2) is 119 Å². The van der Waals surface area contributed by atoms with Crippen molar-refractivity contribution in [1.82, 2.24) is 0 Å². The van der Waals surface area contributed by atoms with Crippen molar-refractivity contribution in [2.24, 2.45) is 10.8 Å². The molecule has 4 aliphatic rings. The zero-order valence-corrected chi connectivity index (χ0v) is 45.3. The Bertz CT molecular complexity index is 2960. The van der Waals surface area contributed by atoms with Crippen molar-refractivity contribution < 1.29 is 23.7 Å². The third-order valence-electron chi connectivity index (χ3n) is 16.3. The lowest BCUT2D eigenvalue weighted by molar-refractivity contribution is -0.0901. The molecular formula is C64H75NO5S. The molecule has 1 saturated carbocycles. The van der Waals surface area contributed by atoms with Crippen molar-refractivity contribution in [3.8, 4) is 28.4 Å². The molecule has 372 valence electrons. The van der Waals surface area contributed by atoms with E-state index in [0.717, 1.165) is 90.6 Å². The minimum Gasteiger partial charge on any atom is -0.496 e. The van der Waals surface area contributed by atoms with Gasteiger partial charge in [-0.3, -0.25) is 0 Å². The van der Waals surface area contributed by atoms with Gasteiger partial charge in [0, 0.05) is 51.2 Å². The Labute approximate surface area is 428 Å². The predicted molar refractivity (Wildman–Crippen MR) is 294 cm³/mol. The van der Waals surface area contributed by atoms with Gasteiger partial charge in [0.1, 0.15) is 22.8 Å². The first kappa shape index (κ1) is 49.4. The monoisotopic (exact) mass is 970 g/mol. The molecule has 2 unspecified atom stereocenters. The number of nitrogens with zero attached hydrogens (tertiary/aromatic N) is 1. The summed E-state index contributed by atoms with van der Waals surface area (Å²) >= 11 is 1.80. The van der Waals surface area contributed by atoms with Crippen molar-refractivity contribution in [2.45, 2.75) is 140 Å². The maximum atomic E-state index is 8.06. The van der Waals surface area contributed by atoms with Crippen molar-refractivity contribution in [3.05, 3.63) is 148 Å². The number of benzene rings is 6. The van der Waals surface area contributed by atoms with Crippen LogP contribution in [0.4, 0.5) is 5.69 Å². The summed E-state index contributed by atoms with van der Waals surface area (Å²) in [4.78, 5) is 4.77. The van der Waals surface area contributed by atoms with E-state index in [-0.39, 0.29) is 21.8 Å². The fraction of sp³-hybridized carbons (Fsp3) is 0.438. The fourth-order valence-corrected chi connectivity index (χ4v) is 14.0. The molecule has 71 heavy (non-hydrogen) atoms. The van der Waals surface area contributed by atoms with Crippen LogP contribution in [0.2, 0.25) is 0 Å². The summed E-state index contributed by atoms with van der Waals surface area (Å²) in [6, 6.07) is 38.2. The van der Waals surface area contributed by atoms with Gasteiger partial charge in [-0.05, 0) is 159 Å². The fourth-order valence-electron chi connectivity index (χ4n) is 12.9. The van der Waals surface area contributed by atoms with Crippen LogP contribution in [0.3, 0.4) is 0 Å². The van der Waals surface area contributed by atoms with Gasteiger partial charge in [-0.1, -0.05) is 126 Å². The van der Waals surface area contributed by atoms with E-state index in [0.29, 0.717) is 6.61 Å². The largest absolute Gasteiger partial charge is 0.496 e. The molecule has 0 N–H and O–H groups in total. The molecule has 7 heteroatoms. The van der Waals surface area contributed by atoms with Gasteiger partial charge in [0.05, 0.1) is 37.4 Å². The van der Waals surface area contributed by atoms with Crippen LogP contribution >= 0.6 is 11.8 Å². The third-order valence-corrected chi connectivity index (χ3v) is 17.7. The lowest BCUT2D eigenvalue weighted by Crippen LogP contribution is -2.44. The van der Waals surface area contributed by atoms with Crippen LogP contribution in [-0.4, -0.2) is 51.2 Å². The molecule has 0 aromatic heterocycles. The molecule has 0 amide bonds. The van der Waals surface area contributed by atoms with Gasteiger partial charge in [0.25, 0.3) is 0 Å². The Balaban J connectivity index is 1.20. The van der Waals surface area contributed by atoms with Crippen LogP contribution in [0.1, 0.15) is 133 Å². The molecule has 2 fully saturated rings. The number of methoxy groups -OCH3 is 1. The molecule has 6 aromatic rings. The summed E-state index contributed by atoms with van der Waals surface area (Å²) in [5.41, 5.74) is 10.7. The third kappa shape index (κ3) is 8.97. The molecule has 10 rings (SSSR count). The van der Waals surface area contributed by atoms with Crippen LogP contribution in [0.5, 0.6) is 17.2 Å². The van der Waals surface area contributed by atoms with Gasteiger partial charge >= 0.3 is 0 Å². The maximum absolute atomic E-state index is 8.06. The first-order chi connectivity index (χ1) is 33.8. The van der Waals surface area contributed by atoms with E-state index in [1.54, 1.807) is 18.9 Å². The molecule has 2 aliphatic carbocycles. The molecule has 1 spiro atoms. The summed E-state index contributed by atoms with van der Waals surface area (Å²) in [7, 11) is 1.80. The van der Waals surface area contributed by atoms with Crippen LogP contribution in [0, 0.1) is 24.7 Å². The van der Waals surface area contributed by atoms with E-state index in [1.165, 1.54) is 61.3 Å². The zero-order valence-electron chi connectivity index (χ0n) is 44.4. The van der Waals surface area contributed by atoms with E-state index >= 15 is 0 Å². The van der Waals surface area contributed by atoms with E-state index in [1.807, 2.05) is 0 Å². The highest BCUT2D eigenvalue weighted by Gasteiger charge is 2.55. The second kappa shape index (κ2) is 18.4. The van der Waals surface area contributed by atoms with Gasteiger partial charge in [0.15, 0.2) is 5.60 Å². The molecule has 6 aromatic carbocycles. The number of anilines is 1. The summed E-state index contributed by atoms with van der Waals surface area (Å²) in [5, 5.41) is 2.25. The quantitative estimate of drug-likeness (QED) is 0.114. The average molecular weight is 970 g/mol. The van der Waals surface area contributed by atoms with E-state index in [4.69, 9.17) is 23.7 Å². The van der Waals surface area contributed by atoms with Crippen molar-refractivity contribution in [1.29, 1.82) is 0 Å². The summed E-state index contributed by atoms with van der Waals surface area (Å²) in [5.74, 6) is 2.53. The summed E-state index contributed by atoms with van der Waals surface area (Å²) in [6.07, 6.45) is 9.76. The number of fused-ring (bicyclic) bond motifs is 10. The lowest BCUT2D eigenvalue weighted by atomic mass is 9.52. The highest BCUT2D eigenvalue weighted by Crippen LogP contribution is 2.67. The first-order valence-corrected chi connectivity index (χ1v) is 27.0. The van der Waals surface area contributed by atoms with Gasteiger partial charge in [-0.2, -0.15) is 0 Å². The van der Waals surface area contributed by atoms with E-state index in [2.05, 4.69) is 196 Å². The predicted octanol–water partition coefficient (Wildman–Crippen LogP) is 16.1. The molecule has 6 nitrogen and oxygen atoms in total. The summed E-state index contributed by atoms with van der Waals surface area (Å²) in [6.45, 7) is 28.8. The molecule has 2 atom stereocenters. The molecule has 1 saturated heterocycles. The maximum Gasteiger partial charge on any atom is 0.178 e.